The summed E-state index contributed by atoms with van der Waals surface area (Å²) in [5.41, 5.74) is 0. The zero-order valence-electron chi connectivity index (χ0n) is 17.6. The molecule has 0 spiro atoms. The lowest BCUT2D eigenvalue weighted by Crippen LogP contribution is -2.30. The second-order valence-corrected chi connectivity index (χ2v) is 8.87. The number of carbonyl (C=O) groups excluding carboxylic acids is 1. The number of carbonyl (C=O) groups is 1. The van der Waals surface area contributed by atoms with E-state index in [1.165, 1.54) is 38.5 Å². The number of rotatable bonds is 6. The first-order valence-corrected chi connectivity index (χ1v) is 11.1. The zero-order chi connectivity index (χ0) is 22.6. The molecule has 0 amide bonds. The SMILES string of the molecule is CCC[C@H]1CC[C@H]([C@H]2CC[C@H](C(=O)Oc3cc(F)c(OC(F)(F)F)c(F)c3)CC2)CC1. The molecule has 3 nitrogen and oxygen atoms in total. The molecule has 31 heavy (non-hydrogen) atoms. The Balaban J connectivity index is 1.50. The average Bonchev–Trinajstić information content (AvgIpc) is 2.71. The quantitative estimate of drug-likeness (QED) is 0.263. The normalized spacial score (nSPS) is 27.0. The second-order valence-electron chi connectivity index (χ2n) is 8.87. The van der Waals surface area contributed by atoms with Gasteiger partial charge in [0.1, 0.15) is 5.75 Å². The van der Waals surface area contributed by atoms with Crippen LogP contribution in [0.3, 0.4) is 0 Å². The van der Waals surface area contributed by atoms with Crippen molar-refractivity contribution in [1.82, 2.24) is 0 Å². The van der Waals surface area contributed by atoms with Crippen LogP contribution in [0.2, 0.25) is 0 Å². The molecular weight excluding hydrogens is 419 g/mol. The van der Waals surface area contributed by atoms with Gasteiger partial charge in [0.05, 0.1) is 5.92 Å². The van der Waals surface area contributed by atoms with Crippen molar-refractivity contribution in [3.63, 3.8) is 0 Å². The minimum Gasteiger partial charge on any atom is -0.426 e. The highest BCUT2D eigenvalue weighted by Gasteiger charge is 2.35. The average molecular weight is 448 g/mol. The molecule has 1 aromatic rings. The molecule has 0 atom stereocenters. The first-order valence-electron chi connectivity index (χ1n) is 11.1. The van der Waals surface area contributed by atoms with E-state index in [9.17, 15) is 26.7 Å². The molecule has 0 N–H and O–H groups in total. The molecule has 174 valence electrons. The van der Waals surface area contributed by atoms with Crippen molar-refractivity contribution < 1.29 is 36.2 Å². The van der Waals surface area contributed by atoms with Crippen molar-refractivity contribution in [3.05, 3.63) is 23.8 Å². The molecule has 0 unspecified atom stereocenters. The molecule has 2 saturated carbocycles. The molecular formula is C23H29F5O3. The van der Waals surface area contributed by atoms with Gasteiger partial charge in [-0.15, -0.1) is 13.2 Å². The highest BCUT2D eigenvalue weighted by Crippen LogP contribution is 2.42. The Kier molecular flexibility index (Phi) is 7.81. The molecule has 0 saturated heterocycles. The molecule has 0 aromatic heterocycles. The summed E-state index contributed by atoms with van der Waals surface area (Å²) in [6.45, 7) is 2.22. The van der Waals surface area contributed by atoms with Gasteiger partial charge in [0.15, 0.2) is 11.6 Å². The fourth-order valence-electron chi connectivity index (χ4n) is 5.19. The van der Waals surface area contributed by atoms with Gasteiger partial charge >= 0.3 is 12.3 Å². The summed E-state index contributed by atoms with van der Waals surface area (Å²) in [4.78, 5) is 12.4. The van der Waals surface area contributed by atoms with E-state index < -0.39 is 35.5 Å². The molecule has 2 fully saturated rings. The molecule has 0 radical (unpaired) electrons. The van der Waals surface area contributed by atoms with Gasteiger partial charge in [-0.05, 0) is 56.3 Å². The van der Waals surface area contributed by atoms with Gasteiger partial charge < -0.3 is 9.47 Å². The van der Waals surface area contributed by atoms with Crippen molar-refractivity contribution >= 4 is 5.97 Å². The van der Waals surface area contributed by atoms with E-state index in [0.717, 1.165) is 18.8 Å². The third-order valence-electron chi connectivity index (χ3n) is 6.77. The van der Waals surface area contributed by atoms with Gasteiger partial charge in [-0.1, -0.05) is 32.6 Å². The summed E-state index contributed by atoms with van der Waals surface area (Å²) in [6, 6.07) is 1.06. The Hall–Kier alpha value is -1.86. The number of esters is 1. The predicted octanol–water partition coefficient (Wildman–Crippen LogP) is 7.18. The van der Waals surface area contributed by atoms with E-state index in [-0.39, 0.29) is 5.92 Å². The van der Waals surface area contributed by atoms with E-state index in [2.05, 4.69) is 11.7 Å². The van der Waals surface area contributed by atoms with Crippen molar-refractivity contribution in [2.75, 3.05) is 0 Å². The molecule has 2 aliphatic rings. The van der Waals surface area contributed by atoms with Crippen LogP contribution >= 0.6 is 0 Å². The van der Waals surface area contributed by atoms with Crippen LogP contribution in [0.25, 0.3) is 0 Å². The molecule has 1 aromatic carbocycles. The Morgan fingerprint density at radius 3 is 1.94 bits per heavy atom. The van der Waals surface area contributed by atoms with Crippen LogP contribution in [-0.4, -0.2) is 12.3 Å². The molecule has 3 rings (SSSR count). The van der Waals surface area contributed by atoms with Crippen LogP contribution < -0.4 is 9.47 Å². The number of halogens is 5. The number of ether oxygens (including phenoxy) is 2. The first kappa shape index (κ1) is 23.8. The Labute approximate surface area is 179 Å². The van der Waals surface area contributed by atoms with Crippen LogP contribution in [0, 0.1) is 35.3 Å². The smallest absolute Gasteiger partial charge is 0.426 e. The maximum atomic E-state index is 13.8. The Morgan fingerprint density at radius 1 is 0.935 bits per heavy atom. The molecule has 0 bridgehead atoms. The summed E-state index contributed by atoms with van der Waals surface area (Å²) < 4.78 is 72.7. The van der Waals surface area contributed by atoms with E-state index in [1.807, 2.05) is 0 Å². The van der Waals surface area contributed by atoms with Crippen molar-refractivity contribution in [3.8, 4) is 11.5 Å². The number of hydrogen-bond acceptors (Lipinski definition) is 3. The van der Waals surface area contributed by atoms with E-state index in [0.29, 0.717) is 36.8 Å². The lowest BCUT2D eigenvalue weighted by molar-refractivity contribution is -0.276. The molecule has 2 aliphatic carbocycles. The van der Waals surface area contributed by atoms with E-state index in [4.69, 9.17) is 4.74 Å². The first-order chi connectivity index (χ1) is 14.7. The van der Waals surface area contributed by atoms with Gasteiger partial charge in [0.25, 0.3) is 0 Å². The Morgan fingerprint density at radius 2 is 1.45 bits per heavy atom. The largest absolute Gasteiger partial charge is 0.573 e. The summed E-state index contributed by atoms with van der Waals surface area (Å²) in [7, 11) is 0. The number of hydrogen-bond donors (Lipinski definition) is 0. The summed E-state index contributed by atoms with van der Waals surface area (Å²) in [5, 5.41) is 0. The highest BCUT2D eigenvalue weighted by molar-refractivity contribution is 5.75. The maximum absolute atomic E-state index is 13.8. The summed E-state index contributed by atoms with van der Waals surface area (Å²) >= 11 is 0. The van der Waals surface area contributed by atoms with Crippen LogP contribution in [0.5, 0.6) is 11.5 Å². The van der Waals surface area contributed by atoms with Crippen LogP contribution in [0.4, 0.5) is 22.0 Å². The van der Waals surface area contributed by atoms with Gasteiger partial charge in [-0.3, -0.25) is 4.79 Å². The van der Waals surface area contributed by atoms with Crippen LogP contribution in [0.15, 0.2) is 12.1 Å². The lowest BCUT2D eigenvalue weighted by Gasteiger charge is -2.37. The maximum Gasteiger partial charge on any atom is 0.573 e. The summed E-state index contributed by atoms with van der Waals surface area (Å²) in [6.07, 6.45) is 5.51. The van der Waals surface area contributed by atoms with Crippen molar-refractivity contribution in [2.24, 2.45) is 23.7 Å². The molecule has 8 heteroatoms. The van der Waals surface area contributed by atoms with Gasteiger partial charge in [0.2, 0.25) is 5.75 Å². The Bertz CT molecular complexity index is 725. The fourth-order valence-corrected chi connectivity index (χ4v) is 5.19. The number of alkyl halides is 3. The fraction of sp³-hybridized carbons (Fsp3) is 0.696. The second kappa shape index (κ2) is 10.2. The van der Waals surface area contributed by atoms with Crippen molar-refractivity contribution in [1.29, 1.82) is 0 Å². The van der Waals surface area contributed by atoms with Crippen LogP contribution in [-0.2, 0) is 4.79 Å². The third kappa shape index (κ3) is 6.56. The minimum absolute atomic E-state index is 0.370. The topological polar surface area (TPSA) is 35.5 Å². The molecule has 0 heterocycles. The highest BCUT2D eigenvalue weighted by atomic mass is 19.4. The van der Waals surface area contributed by atoms with Gasteiger partial charge in [-0.2, -0.15) is 0 Å². The molecule has 0 aliphatic heterocycles. The lowest BCUT2D eigenvalue weighted by atomic mass is 9.69. The van der Waals surface area contributed by atoms with Crippen molar-refractivity contribution in [2.45, 2.75) is 77.5 Å². The predicted molar refractivity (Wildman–Crippen MR) is 104 cm³/mol. The third-order valence-corrected chi connectivity index (χ3v) is 6.77. The minimum atomic E-state index is -5.23. The van der Waals surface area contributed by atoms with Gasteiger partial charge in [0, 0.05) is 12.1 Å². The number of benzene rings is 1. The van der Waals surface area contributed by atoms with E-state index in [1.54, 1.807) is 0 Å². The van der Waals surface area contributed by atoms with Crippen LogP contribution in [0.1, 0.15) is 71.1 Å². The van der Waals surface area contributed by atoms with E-state index >= 15 is 0 Å². The summed E-state index contributed by atoms with van der Waals surface area (Å²) in [5.74, 6) is -4.02. The monoisotopic (exact) mass is 448 g/mol. The van der Waals surface area contributed by atoms with Gasteiger partial charge in [-0.25, -0.2) is 8.78 Å². The zero-order valence-corrected chi connectivity index (χ0v) is 17.6. The standard InChI is InChI=1S/C23H29F5O3/c1-2-3-14-4-6-15(7-5-14)16-8-10-17(11-9-16)22(29)30-18-12-19(24)21(20(25)13-18)31-23(26,27)28/h12-17H,2-11H2,1H3/t14-,15-,16-,17-.